The molecule has 1 aliphatic heterocycles. The number of carbonyl (C=O) groups is 2. The van der Waals surface area contributed by atoms with Gasteiger partial charge >= 0.3 is 24.3 Å². The number of carbonyl (C=O) groups excluding carboxylic acids is 1. The Balaban J connectivity index is 2.02. The van der Waals surface area contributed by atoms with Crippen LogP contribution in [-0.2, 0) is 36.9 Å². The van der Waals surface area contributed by atoms with E-state index in [0.717, 1.165) is 22.5 Å². The maximum absolute atomic E-state index is 13.6. The summed E-state index contributed by atoms with van der Waals surface area (Å²) in [6, 6.07) is 6.65. The summed E-state index contributed by atoms with van der Waals surface area (Å²) in [5, 5.41) is 9.26. The second-order valence-corrected chi connectivity index (χ2v) is 11.6. The highest BCUT2D eigenvalue weighted by Gasteiger charge is 2.50. The fraction of sp³-hybridized carbons (Fsp3) is 0.440. The number of ether oxygens (including phenoxy) is 2. The number of esters is 1. The smallest absolute Gasteiger partial charge is 0.427 e. The average Bonchev–Trinajstić information content (AvgIpc) is 2.82. The van der Waals surface area contributed by atoms with Crippen LogP contribution < -0.4 is 9.04 Å². The zero-order valence-corrected chi connectivity index (χ0v) is 22.2. The summed E-state index contributed by atoms with van der Waals surface area (Å²) in [6.45, 7) is 2.20. The van der Waals surface area contributed by atoms with Crippen molar-refractivity contribution in [3.05, 3.63) is 53.6 Å². The van der Waals surface area contributed by atoms with Crippen LogP contribution in [0.5, 0.6) is 5.75 Å². The number of nitrogens with zero attached hydrogens (tertiary/aromatic N) is 1. The number of carboxylic acid groups (broad SMARTS) is 1. The number of hydrogen-bond donors (Lipinski definition) is 1. The Kier molecular flexibility index (Phi) is 8.40. The molecule has 15 heteroatoms. The Morgan fingerprint density at radius 2 is 1.75 bits per heavy atom. The van der Waals surface area contributed by atoms with E-state index < -0.39 is 75.4 Å². The molecule has 0 unspecified atom stereocenters. The predicted octanol–water partition coefficient (Wildman–Crippen LogP) is 5.20. The third-order valence-electron chi connectivity index (χ3n) is 6.14. The number of sulfonamides is 1. The predicted molar refractivity (Wildman–Crippen MR) is 128 cm³/mol. The monoisotopic (exact) mass is 597 g/mol. The Bertz CT molecular complexity index is 1390. The minimum Gasteiger partial charge on any atom is -0.486 e. The second kappa shape index (κ2) is 10.8. The van der Waals surface area contributed by atoms with E-state index in [-0.39, 0.29) is 23.4 Å². The summed E-state index contributed by atoms with van der Waals surface area (Å²) in [5.74, 6) is -3.50. The van der Waals surface area contributed by atoms with E-state index in [0.29, 0.717) is 26.0 Å². The number of alkyl halides is 6. The maximum atomic E-state index is 13.6. The number of carboxylic acids is 1. The van der Waals surface area contributed by atoms with Crippen LogP contribution in [0.1, 0.15) is 38.3 Å². The summed E-state index contributed by atoms with van der Waals surface area (Å²) >= 11 is 0. The zero-order valence-electron chi connectivity index (χ0n) is 21.3. The minimum atomic E-state index is -4.86. The molecule has 0 radical (unpaired) electrons. The highest BCUT2D eigenvalue weighted by Crippen LogP contribution is 2.40. The summed E-state index contributed by atoms with van der Waals surface area (Å²) in [7, 11) is -4.70. The molecule has 0 amide bonds. The SMILES string of the molecule is C[C@H](C[C@H]1CN(S(=O)(=O)c2cccc(C(F)(F)F)c2)c2cc(CC(=O)OC(C)(C)C(F)(F)F)ccc2O1)C(=O)O. The van der Waals surface area contributed by atoms with E-state index in [1.54, 1.807) is 0 Å². The molecule has 1 heterocycles. The first-order chi connectivity index (χ1) is 18.2. The molecular weight excluding hydrogens is 572 g/mol. The standard InChI is InChI=1S/C25H25F6NO7S/c1-14(22(34)35)9-17-13-32(40(36,37)18-6-4-5-16(12-18)24(26,27)28)19-10-15(7-8-20(19)38-17)11-21(33)39-23(2,3)25(29,30)31/h4-8,10,12,14,17H,9,11,13H2,1-3H3,(H,34,35)/t14-,17+/m1/s1. The van der Waals surface area contributed by atoms with Gasteiger partial charge in [-0.2, -0.15) is 26.3 Å². The topological polar surface area (TPSA) is 110 Å². The molecule has 0 fully saturated rings. The van der Waals surface area contributed by atoms with Gasteiger partial charge in [-0.05, 0) is 56.2 Å². The lowest BCUT2D eigenvalue weighted by molar-refractivity contribution is -0.257. The van der Waals surface area contributed by atoms with Gasteiger partial charge in [-0.1, -0.05) is 19.1 Å². The van der Waals surface area contributed by atoms with Crippen molar-refractivity contribution < 1.29 is 58.9 Å². The lowest BCUT2D eigenvalue weighted by Crippen LogP contribution is -2.44. The van der Waals surface area contributed by atoms with Gasteiger partial charge < -0.3 is 14.6 Å². The van der Waals surface area contributed by atoms with E-state index in [9.17, 15) is 49.5 Å². The number of hydrogen-bond acceptors (Lipinski definition) is 6. The van der Waals surface area contributed by atoms with Crippen molar-refractivity contribution in [3.63, 3.8) is 0 Å². The average molecular weight is 598 g/mol. The summed E-state index contributed by atoms with van der Waals surface area (Å²) < 4.78 is 117. The molecule has 0 spiro atoms. The molecule has 2 aromatic carbocycles. The molecule has 2 aromatic rings. The normalized spacial score (nSPS) is 17.0. The highest BCUT2D eigenvalue weighted by atomic mass is 32.2. The third kappa shape index (κ3) is 6.80. The van der Waals surface area contributed by atoms with Crippen LogP contribution in [0.3, 0.4) is 0 Å². The number of rotatable bonds is 8. The molecule has 3 rings (SSSR count). The van der Waals surface area contributed by atoms with E-state index in [4.69, 9.17) is 4.74 Å². The van der Waals surface area contributed by atoms with Crippen LogP contribution in [-0.4, -0.2) is 49.9 Å². The Morgan fingerprint density at radius 1 is 1.10 bits per heavy atom. The van der Waals surface area contributed by atoms with Crippen molar-refractivity contribution in [3.8, 4) is 5.75 Å². The number of benzene rings is 2. The largest absolute Gasteiger partial charge is 0.486 e. The van der Waals surface area contributed by atoms with Crippen molar-refractivity contribution in [1.82, 2.24) is 0 Å². The molecular formula is C25H25F6NO7S. The van der Waals surface area contributed by atoms with Crippen molar-refractivity contribution in [2.75, 3.05) is 10.8 Å². The van der Waals surface area contributed by atoms with Gasteiger partial charge in [0.05, 0.1) is 35.0 Å². The molecule has 0 bridgehead atoms. The number of aliphatic carboxylic acids is 1. The lowest BCUT2D eigenvalue weighted by Gasteiger charge is -2.36. The minimum absolute atomic E-state index is 0.0342. The molecule has 2 atom stereocenters. The first-order valence-corrected chi connectivity index (χ1v) is 13.2. The molecule has 1 aliphatic rings. The molecule has 0 saturated carbocycles. The maximum Gasteiger partial charge on any atom is 0.427 e. The van der Waals surface area contributed by atoms with Crippen LogP contribution in [0.15, 0.2) is 47.4 Å². The number of anilines is 1. The van der Waals surface area contributed by atoms with E-state index in [2.05, 4.69) is 4.74 Å². The second-order valence-electron chi connectivity index (χ2n) is 9.74. The van der Waals surface area contributed by atoms with Crippen molar-refractivity contribution in [2.45, 2.75) is 62.6 Å². The van der Waals surface area contributed by atoms with Crippen LogP contribution in [0.4, 0.5) is 32.0 Å². The quantitative estimate of drug-likeness (QED) is 0.329. The molecule has 40 heavy (non-hydrogen) atoms. The van der Waals surface area contributed by atoms with E-state index in [1.165, 1.54) is 19.1 Å². The fourth-order valence-corrected chi connectivity index (χ4v) is 5.36. The van der Waals surface area contributed by atoms with Crippen molar-refractivity contribution >= 4 is 27.6 Å². The molecule has 8 nitrogen and oxygen atoms in total. The first kappa shape index (κ1) is 31.0. The third-order valence-corrected chi connectivity index (χ3v) is 7.92. The van der Waals surface area contributed by atoms with Gasteiger partial charge in [0.25, 0.3) is 10.0 Å². The van der Waals surface area contributed by atoms with Gasteiger partial charge in [-0.25, -0.2) is 8.42 Å². The number of fused-ring (bicyclic) bond motifs is 1. The lowest BCUT2D eigenvalue weighted by atomic mass is 10.0. The van der Waals surface area contributed by atoms with Gasteiger partial charge in [0.15, 0.2) is 0 Å². The van der Waals surface area contributed by atoms with Gasteiger partial charge in [-0.15, -0.1) is 0 Å². The van der Waals surface area contributed by atoms with Crippen LogP contribution >= 0.6 is 0 Å². The Hall–Kier alpha value is -3.49. The van der Waals surface area contributed by atoms with Gasteiger partial charge in [-0.3, -0.25) is 13.9 Å². The van der Waals surface area contributed by atoms with Crippen LogP contribution in [0, 0.1) is 5.92 Å². The molecule has 220 valence electrons. The molecule has 0 saturated heterocycles. The first-order valence-electron chi connectivity index (χ1n) is 11.7. The zero-order chi connectivity index (χ0) is 30.3. The Morgan fingerprint density at radius 3 is 2.33 bits per heavy atom. The van der Waals surface area contributed by atoms with Gasteiger partial charge in [0.1, 0.15) is 11.9 Å². The van der Waals surface area contributed by atoms with Crippen LogP contribution in [0.2, 0.25) is 0 Å². The molecule has 0 aromatic heterocycles. The van der Waals surface area contributed by atoms with Crippen molar-refractivity contribution in [1.29, 1.82) is 0 Å². The van der Waals surface area contributed by atoms with Crippen LogP contribution in [0.25, 0.3) is 0 Å². The van der Waals surface area contributed by atoms with Gasteiger partial charge in [0.2, 0.25) is 5.60 Å². The fourth-order valence-electron chi connectivity index (χ4n) is 3.82. The summed E-state index contributed by atoms with van der Waals surface area (Å²) in [4.78, 5) is 22.9. The van der Waals surface area contributed by atoms with E-state index >= 15 is 0 Å². The Labute approximate surface area is 225 Å². The number of halogens is 6. The molecule has 0 aliphatic carbocycles. The van der Waals surface area contributed by atoms with Gasteiger partial charge in [0, 0.05) is 0 Å². The summed E-state index contributed by atoms with van der Waals surface area (Å²) in [5.41, 5.74) is -4.18. The molecule has 1 N–H and O–H groups in total. The highest BCUT2D eigenvalue weighted by molar-refractivity contribution is 7.92. The van der Waals surface area contributed by atoms with Crippen molar-refractivity contribution in [2.24, 2.45) is 5.92 Å². The van der Waals surface area contributed by atoms with E-state index in [1.807, 2.05) is 0 Å². The summed E-state index contributed by atoms with van der Waals surface area (Å²) in [6.07, 6.45) is -11.5.